The third kappa shape index (κ3) is 3.45. The van der Waals surface area contributed by atoms with Crippen molar-refractivity contribution in [2.24, 2.45) is 5.14 Å². The Labute approximate surface area is 112 Å². The first-order valence-electron chi connectivity index (χ1n) is 5.92. The van der Waals surface area contributed by atoms with Crippen LogP contribution >= 0.6 is 0 Å². The van der Waals surface area contributed by atoms with Crippen molar-refractivity contribution >= 4 is 15.9 Å². The average Bonchev–Trinajstić information content (AvgIpc) is 2.72. The number of hydrogen-bond acceptors (Lipinski definition) is 4. The third-order valence-corrected chi connectivity index (χ3v) is 3.91. The van der Waals surface area contributed by atoms with Gasteiger partial charge in [0.1, 0.15) is 12.4 Å². The van der Waals surface area contributed by atoms with Crippen LogP contribution in [0, 0.1) is 6.92 Å². The fourth-order valence-electron chi connectivity index (χ4n) is 1.95. The second-order valence-electron chi connectivity index (χ2n) is 4.59. The summed E-state index contributed by atoms with van der Waals surface area (Å²) in [6.07, 6.45) is 1.28. The highest BCUT2D eigenvalue weighted by Crippen LogP contribution is 2.21. The zero-order chi connectivity index (χ0) is 14.0. The summed E-state index contributed by atoms with van der Waals surface area (Å²) in [5, 5.41) is 7.85. The number of amides is 1. The van der Waals surface area contributed by atoms with E-state index in [1.807, 2.05) is 0 Å². The summed E-state index contributed by atoms with van der Waals surface area (Å²) in [7, 11) is -3.69. The Kier molecular flexibility index (Phi) is 3.77. The maximum absolute atomic E-state index is 11.2. The monoisotopic (exact) mass is 284 g/mol. The molecule has 0 aliphatic carbocycles. The van der Waals surface area contributed by atoms with Gasteiger partial charge in [0.2, 0.25) is 15.9 Å². The molecule has 104 valence electrons. The highest BCUT2D eigenvalue weighted by Gasteiger charge is 2.21. The lowest BCUT2D eigenvalue weighted by Crippen LogP contribution is -2.31. The molecular formula is C12H16N2O4S. The van der Waals surface area contributed by atoms with Crippen LogP contribution in [-0.2, 0) is 14.8 Å². The fraction of sp³-hybridized carbons (Fsp3) is 0.417. The van der Waals surface area contributed by atoms with Crippen LogP contribution in [0.4, 0.5) is 0 Å². The molecule has 1 heterocycles. The summed E-state index contributed by atoms with van der Waals surface area (Å²) in [6, 6.07) is 4.47. The zero-order valence-corrected chi connectivity index (χ0v) is 11.4. The lowest BCUT2D eigenvalue weighted by Gasteiger charge is -2.14. The number of benzene rings is 1. The molecule has 1 unspecified atom stereocenters. The summed E-state index contributed by atoms with van der Waals surface area (Å²) >= 11 is 0. The number of nitrogens with one attached hydrogen (secondary N) is 1. The van der Waals surface area contributed by atoms with E-state index in [1.54, 1.807) is 13.0 Å². The molecule has 0 aromatic heterocycles. The van der Waals surface area contributed by atoms with Gasteiger partial charge >= 0.3 is 0 Å². The minimum absolute atomic E-state index is 0.0183. The maximum atomic E-state index is 11.2. The van der Waals surface area contributed by atoms with E-state index in [4.69, 9.17) is 9.88 Å². The Hall–Kier alpha value is -1.60. The van der Waals surface area contributed by atoms with E-state index in [0.717, 1.165) is 6.42 Å². The number of ether oxygens (including phenoxy) is 1. The Morgan fingerprint density at radius 1 is 1.47 bits per heavy atom. The first-order valence-corrected chi connectivity index (χ1v) is 7.46. The standard InChI is InChI=1S/C12H16N2O4S/c1-8-6-10(19(13,16)17)3-4-11(8)18-7-9-2-5-12(15)14-9/h3-4,6,9H,2,5,7H2,1H3,(H,14,15)(H2,13,16,17). The van der Waals surface area contributed by atoms with Crippen molar-refractivity contribution in [3.63, 3.8) is 0 Å². The van der Waals surface area contributed by atoms with Crippen LogP contribution in [0.15, 0.2) is 23.1 Å². The summed E-state index contributed by atoms with van der Waals surface area (Å²) in [5.74, 6) is 0.628. The summed E-state index contributed by atoms with van der Waals surface area (Å²) < 4.78 is 28.0. The number of rotatable bonds is 4. The summed E-state index contributed by atoms with van der Waals surface area (Å²) in [6.45, 7) is 2.12. The molecule has 0 radical (unpaired) electrons. The molecule has 0 spiro atoms. The van der Waals surface area contributed by atoms with Crippen molar-refractivity contribution in [1.82, 2.24) is 5.32 Å². The Morgan fingerprint density at radius 3 is 2.74 bits per heavy atom. The van der Waals surface area contributed by atoms with Gasteiger partial charge in [0.25, 0.3) is 0 Å². The lowest BCUT2D eigenvalue weighted by molar-refractivity contribution is -0.119. The molecule has 7 heteroatoms. The molecule has 1 aliphatic heterocycles. The lowest BCUT2D eigenvalue weighted by atomic mass is 10.2. The Bertz CT molecular complexity index is 598. The van der Waals surface area contributed by atoms with E-state index >= 15 is 0 Å². The van der Waals surface area contributed by atoms with Crippen molar-refractivity contribution in [2.45, 2.75) is 30.7 Å². The number of hydrogen-bond donors (Lipinski definition) is 2. The molecule has 1 amide bonds. The Morgan fingerprint density at radius 2 is 2.21 bits per heavy atom. The van der Waals surface area contributed by atoms with Crippen LogP contribution in [-0.4, -0.2) is 27.0 Å². The predicted octanol–water partition coefficient (Wildman–Crippen LogP) is 0.300. The number of sulfonamides is 1. The van der Waals surface area contributed by atoms with E-state index in [2.05, 4.69) is 5.32 Å². The van der Waals surface area contributed by atoms with Crippen LogP contribution < -0.4 is 15.2 Å². The molecule has 1 fully saturated rings. The zero-order valence-electron chi connectivity index (χ0n) is 10.5. The molecule has 2 rings (SSSR count). The number of nitrogens with two attached hydrogens (primary N) is 1. The van der Waals surface area contributed by atoms with Gasteiger partial charge in [-0.25, -0.2) is 13.6 Å². The molecular weight excluding hydrogens is 268 g/mol. The van der Waals surface area contributed by atoms with E-state index in [-0.39, 0.29) is 16.8 Å². The van der Waals surface area contributed by atoms with Crippen molar-refractivity contribution < 1.29 is 17.9 Å². The van der Waals surface area contributed by atoms with Gasteiger partial charge in [0.15, 0.2) is 0 Å². The van der Waals surface area contributed by atoms with Crippen molar-refractivity contribution in [1.29, 1.82) is 0 Å². The Balaban J connectivity index is 2.03. The first kappa shape index (κ1) is 13.8. The quantitative estimate of drug-likeness (QED) is 0.830. The van der Waals surface area contributed by atoms with Gasteiger partial charge < -0.3 is 10.1 Å². The number of carbonyl (C=O) groups is 1. The van der Waals surface area contributed by atoms with Crippen molar-refractivity contribution in [3.05, 3.63) is 23.8 Å². The maximum Gasteiger partial charge on any atom is 0.238 e. The van der Waals surface area contributed by atoms with E-state index in [9.17, 15) is 13.2 Å². The smallest absolute Gasteiger partial charge is 0.238 e. The second-order valence-corrected chi connectivity index (χ2v) is 6.15. The number of primary sulfonamides is 1. The molecule has 0 saturated carbocycles. The van der Waals surface area contributed by atoms with Gasteiger partial charge in [-0.1, -0.05) is 0 Å². The van der Waals surface area contributed by atoms with Gasteiger partial charge in [0.05, 0.1) is 10.9 Å². The van der Waals surface area contributed by atoms with E-state index < -0.39 is 10.0 Å². The number of aryl methyl sites for hydroxylation is 1. The topological polar surface area (TPSA) is 98.5 Å². The molecule has 1 aromatic rings. The molecule has 1 saturated heterocycles. The summed E-state index contributed by atoms with van der Waals surface area (Å²) in [4.78, 5) is 11.1. The highest BCUT2D eigenvalue weighted by atomic mass is 32.2. The molecule has 0 bridgehead atoms. The van der Waals surface area contributed by atoms with Gasteiger partial charge in [0, 0.05) is 6.42 Å². The van der Waals surface area contributed by atoms with Gasteiger partial charge in [-0.05, 0) is 37.1 Å². The van der Waals surface area contributed by atoms with Crippen LogP contribution in [0.3, 0.4) is 0 Å². The van der Waals surface area contributed by atoms with E-state index in [1.165, 1.54) is 12.1 Å². The van der Waals surface area contributed by atoms with Crippen LogP contribution in [0.1, 0.15) is 18.4 Å². The van der Waals surface area contributed by atoms with Gasteiger partial charge in [-0.3, -0.25) is 4.79 Å². The van der Waals surface area contributed by atoms with Crippen molar-refractivity contribution in [3.8, 4) is 5.75 Å². The van der Waals surface area contributed by atoms with Gasteiger partial charge in [-0.15, -0.1) is 0 Å². The average molecular weight is 284 g/mol. The third-order valence-electron chi connectivity index (χ3n) is 3.00. The normalized spacial score (nSPS) is 19.3. The molecule has 3 N–H and O–H groups in total. The summed E-state index contributed by atoms with van der Waals surface area (Å²) in [5.41, 5.74) is 0.691. The number of carbonyl (C=O) groups excluding carboxylic acids is 1. The van der Waals surface area contributed by atoms with E-state index in [0.29, 0.717) is 24.3 Å². The van der Waals surface area contributed by atoms with Crippen LogP contribution in [0.2, 0.25) is 0 Å². The highest BCUT2D eigenvalue weighted by molar-refractivity contribution is 7.89. The molecule has 1 aromatic carbocycles. The van der Waals surface area contributed by atoms with Crippen LogP contribution in [0.25, 0.3) is 0 Å². The first-order chi connectivity index (χ1) is 8.86. The molecule has 6 nitrogen and oxygen atoms in total. The largest absolute Gasteiger partial charge is 0.491 e. The second kappa shape index (κ2) is 5.18. The SMILES string of the molecule is Cc1cc(S(N)(=O)=O)ccc1OCC1CCC(=O)N1. The predicted molar refractivity (Wildman–Crippen MR) is 69.2 cm³/mol. The minimum atomic E-state index is -3.69. The van der Waals surface area contributed by atoms with Crippen LogP contribution in [0.5, 0.6) is 5.75 Å². The molecule has 1 aliphatic rings. The molecule has 19 heavy (non-hydrogen) atoms. The van der Waals surface area contributed by atoms with Crippen molar-refractivity contribution in [2.75, 3.05) is 6.61 Å². The van der Waals surface area contributed by atoms with Gasteiger partial charge in [-0.2, -0.15) is 0 Å². The fourth-order valence-corrected chi connectivity index (χ4v) is 2.55. The molecule has 1 atom stereocenters. The minimum Gasteiger partial charge on any atom is -0.491 e.